The lowest BCUT2D eigenvalue weighted by atomic mass is 9.93. The fraction of sp³-hybridized carbons (Fsp3) is 0.429. The van der Waals surface area contributed by atoms with Gasteiger partial charge in [-0.1, -0.05) is 11.3 Å². The van der Waals surface area contributed by atoms with Gasteiger partial charge in [-0.05, 0) is 50.3 Å². The van der Waals surface area contributed by atoms with E-state index in [0.717, 1.165) is 34.1 Å². The fourth-order valence-electron chi connectivity index (χ4n) is 4.28. The SMILES string of the molecule is CCn1nnc2ccc(-c3c[nH]c4nc(NC5CCC(OC(F)(F)F)CC5)ncc34)cc21. The van der Waals surface area contributed by atoms with Gasteiger partial charge in [0.05, 0.1) is 11.6 Å². The second kappa shape index (κ2) is 8.05. The molecule has 0 atom stereocenters. The van der Waals surface area contributed by atoms with E-state index in [4.69, 9.17) is 0 Å². The Morgan fingerprint density at radius 2 is 2.03 bits per heavy atom. The quantitative estimate of drug-likeness (QED) is 0.465. The zero-order chi connectivity index (χ0) is 22.3. The van der Waals surface area contributed by atoms with E-state index in [-0.39, 0.29) is 6.04 Å². The number of halogens is 3. The summed E-state index contributed by atoms with van der Waals surface area (Å²) in [7, 11) is 0. The number of aromatic nitrogens is 6. The summed E-state index contributed by atoms with van der Waals surface area (Å²) < 4.78 is 43.2. The minimum absolute atomic E-state index is 0.0132. The Bertz CT molecular complexity index is 1240. The summed E-state index contributed by atoms with van der Waals surface area (Å²) >= 11 is 0. The molecule has 3 aromatic heterocycles. The first-order valence-electron chi connectivity index (χ1n) is 10.6. The molecule has 0 amide bonds. The number of hydrogen-bond acceptors (Lipinski definition) is 6. The minimum atomic E-state index is -4.58. The predicted octanol–water partition coefficient (Wildman–Crippen LogP) is 4.65. The first kappa shape index (κ1) is 20.7. The van der Waals surface area contributed by atoms with Crippen molar-refractivity contribution in [2.75, 3.05) is 5.32 Å². The van der Waals surface area contributed by atoms with Crippen LogP contribution < -0.4 is 5.32 Å². The van der Waals surface area contributed by atoms with E-state index < -0.39 is 12.5 Å². The maximum absolute atomic E-state index is 12.4. The Morgan fingerprint density at radius 3 is 2.78 bits per heavy atom. The second-order valence-electron chi connectivity index (χ2n) is 7.95. The number of anilines is 1. The van der Waals surface area contributed by atoms with Crippen molar-refractivity contribution in [3.63, 3.8) is 0 Å². The zero-order valence-electron chi connectivity index (χ0n) is 17.4. The number of alkyl halides is 3. The molecule has 11 heteroatoms. The van der Waals surface area contributed by atoms with Crippen molar-refractivity contribution in [3.05, 3.63) is 30.6 Å². The third kappa shape index (κ3) is 4.12. The lowest BCUT2D eigenvalue weighted by Crippen LogP contribution is -2.33. The molecule has 1 aromatic carbocycles. The van der Waals surface area contributed by atoms with Crippen LogP contribution in [0.25, 0.3) is 33.2 Å². The molecular formula is C21H22F3N7O. The van der Waals surface area contributed by atoms with Crippen LogP contribution in [0.4, 0.5) is 19.1 Å². The average molecular weight is 445 g/mol. The average Bonchev–Trinajstić information content (AvgIpc) is 3.37. The number of hydrogen-bond donors (Lipinski definition) is 2. The molecule has 2 N–H and O–H groups in total. The largest absolute Gasteiger partial charge is 0.522 e. The van der Waals surface area contributed by atoms with Crippen molar-refractivity contribution in [3.8, 4) is 11.1 Å². The molecule has 4 aromatic rings. The van der Waals surface area contributed by atoms with Crippen LogP contribution in [-0.4, -0.2) is 48.5 Å². The van der Waals surface area contributed by atoms with Gasteiger partial charge in [-0.3, -0.25) is 4.74 Å². The van der Waals surface area contributed by atoms with E-state index in [9.17, 15) is 13.2 Å². The van der Waals surface area contributed by atoms with Crippen LogP contribution in [0.1, 0.15) is 32.6 Å². The molecule has 5 rings (SSSR count). The molecule has 0 aliphatic heterocycles. The van der Waals surface area contributed by atoms with E-state index in [0.29, 0.717) is 37.3 Å². The summed E-state index contributed by atoms with van der Waals surface area (Å²) in [5.41, 5.74) is 4.47. The van der Waals surface area contributed by atoms with E-state index in [1.54, 1.807) is 6.20 Å². The standard InChI is InChI=1S/C21H22F3N7O/c1-2-31-18-9-12(3-8-17(18)29-30-31)15-10-25-19-16(15)11-26-20(28-19)27-13-4-6-14(7-5-13)32-21(22,23)24/h3,8-11,13-14H,2,4-7H2,1H3,(H2,25,26,27,28). The van der Waals surface area contributed by atoms with Crippen molar-refractivity contribution in [1.82, 2.24) is 29.9 Å². The highest BCUT2D eigenvalue weighted by Gasteiger charge is 2.35. The molecule has 0 bridgehead atoms. The lowest BCUT2D eigenvalue weighted by Gasteiger charge is -2.29. The first-order chi connectivity index (χ1) is 15.4. The van der Waals surface area contributed by atoms with Gasteiger partial charge in [-0.25, -0.2) is 9.67 Å². The second-order valence-corrected chi connectivity index (χ2v) is 7.95. The number of fused-ring (bicyclic) bond motifs is 2. The molecule has 1 fully saturated rings. The van der Waals surface area contributed by atoms with Gasteiger partial charge in [0, 0.05) is 35.9 Å². The maximum atomic E-state index is 12.4. The Balaban J connectivity index is 1.32. The molecular weight excluding hydrogens is 423 g/mol. The summed E-state index contributed by atoms with van der Waals surface area (Å²) in [5, 5.41) is 12.4. The van der Waals surface area contributed by atoms with Crippen LogP contribution in [-0.2, 0) is 11.3 Å². The first-order valence-corrected chi connectivity index (χ1v) is 10.6. The number of rotatable bonds is 5. The summed E-state index contributed by atoms with van der Waals surface area (Å²) in [4.78, 5) is 12.2. The van der Waals surface area contributed by atoms with Crippen LogP contribution in [0.2, 0.25) is 0 Å². The van der Waals surface area contributed by atoms with Gasteiger partial charge >= 0.3 is 6.36 Å². The van der Waals surface area contributed by atoms with Crippen LogP contribution in [0.3, 0.4) is 0 Å². The highest BCUT2D eigenvalue weighted by molar-refractivity contribution is 5.95. The number of ether oxygens (including phenoxy) is 1. The van der Waals surface area contributed by atoms with Gasteiger partial charge in [0.15, 0.2) is 0 Å². The van der Waals surface area contributed by atoms with Crippen LogP contribution in [0.5, 0.6) is 0 Å². The van der Waals surface area contributed by atoms with E-state index in [1.165, 1.54) is 0 Å². The smallest absolute Gasteiger partial charge is 0.351 e. The molecule has 1 aliphatic rings. The van der Waals surface area contributed by atoms with Gasteiger partial charge < -0.3 is 10.3 Å². The normalized spacial score (nSPS) is 19.6. The molecule has 3 heterocycles. The summed E-state index contributed by atoms with van der Waals surface area (Å²) in [6.45, 7) is 2.75. The molecule has 1 aliphatic carbocycles. The monoisotopic (exact) mass is 445 g/mol. The minimum Gasteiger partial charge on any atom is -0.351 e. The van der Waals surface area contributed by atoms with Gasteiger partial charge in [0.2, 0.25) is 5.95 Å². The Kier molecular flexibility index (Phi) is 5.20. The number of aromatic amines is 1. The third-order valence-electron chi connectivity index (χ3n) is 5.86. The molecule has 0 saturated heterocycles. The highest BCUT2D eigenvalue weighted by atomic mass is 19.4. The third-order valence-corrected chi connectivity index (χ3v) is 5.86. The number of nitrogens with zero attached hydrogens (tertiary/aromatic N) is 5. The number of benzene rings is 1. The van der Waals surface area contributed by atoms with Crippen molar-refractivity contribution in [1.29, 1.82) is 0 Å². The summed E-state index contributed by atoms with van der Waals surface area (Å²) in [5.74, 6) is 0.454. The molecule has 32 heavy (non-hydrogen) atoms. The Labute approximate surface area is 181 Å². The molecule has 8 nitrogen and oxygen atoms in total. The zero-order valence-corrected chi connectivity index (χ0v) is 17.4. The van der Waals surface area contributed by atoms with Gasteiger partial charge in [-0.2, -0.15) is 4.98 Å². The predicted molar refractivity (Wildman–Crippen MR) is 113 cm³/mol. The topological polar surface area (TPSA) is 93.5 Å². The highest BCUT2D eigenvalue weighted by Crippen LogP contribution is 2.31. The van der Waals surface area contributed by atoms with Crippen LogP contribution in [0, 0.1) is 0 Å². The van der Waals surface area contributed by atoms with Crippen LogP contribution in [0.15, 0.2) is 30.6 Å². The molecule has 168 valence electrons. The number of H-pyrrole nitrogens is 1. The fourth-order valence-corrected chi connectivity index (χ4v) is 4.28. The maximum Gasteiger partial charge on any atom is 0.522 e. The number of nitrogens with one attached hydrogen (secondary N) is 2. The van der Waals surface area contributed by atoms with Gasteiger partial charge in [0.1, 0.15) is 11.2 Å². The molecule has 0 radical (unpaired) electrons. The number of aryl methyl sites for hydroxylation is 1. The van der Waals surface area contributed by atoms with Crippen LogP contribution >= 0.6 is 0 Å². The lowest BCUT2D eigenvalue weighted by molar-refractivity contribution is -0.345. The van der Waals surface area contributed by atoms with Gasteiger partial charge in [-0.15, -0.1) is 18.3 Å². The Hall–Kier alpha value is -3.21. The molecule has 1 saturated carbocycles. The van der Waals surface area contributed by atoms with Crippen molar-refractivity contribution < 1.29 is 17.9 Å². The molecule has 0 unspecified atom stereocenters. The summed E-state index contributed by atoms with van der Waals surface area (Å²) in [6, 6.07) is 6.00. The van der Waals surface area contributed by atoms with E-state index >= 15 is 0 Å². The van der Waals surface area contributed by atoms with Gasteiger partial charge in [0.25, 0.3) is 0 Å². The van der Waals surface area contributed by atoms with Crippen molar-refractivity contribution >= 4 is 28.0 Å². The van der Waals surface area contributed by atoms with Crippen molar-refractivity contribution in [2.24, 2.45) is 0 Å². The Morgan fingerprint density at radius 1 is 1.22 bits per heavy atom. The van der Waals surface area contributed by atoms with E-state index in [2.05, 4.69) is 41.4 Å². The van der Waals surface area contributed by atoms with E-state index in [1.807, 2.05) is 29.9 Å². The molecule has 0 spiro atoms. The summed E-state index contributed by atoms with van der Waals surface area (Å²) in [6.07, 6.45) is 0.114. The van der Waals surface area contributed by atoms with Crippen molar-refractivity contribution in [2.45, 2.75) is 57.7 Å².